The van der Waals surface area contributed by atoms with Crippen molar-refractivity contribution in [2.24, 2.45) is 5.92 Å². The lowest BCUT2D eigenvalue weighted by Gasteiger charge is -2.24. The number of allylic oxidation sites excluding steroid dienone is 4. The van der Waals surface area contributed by atoms with Gasteiger partial charge in [0.25, 0.3) is 0 Å². The van der Waals surface area contributed by atoms with Gasteiger partial charge in [-0.05, 0) is 76.2 Å². The average Bonchev–Trinajstić information content (AvgIpc) is 3.37. The quantitative estimate of drug-likeness (QED) is 0.256. The summed E-state index contributed by atoms with van der Waals surface area (Å²) in [6, 6.07) is 28.9. The molecular weight excluding hydrogens is 444 g/mol. The molecular formula is C33H30O3. The predicted octanol–water partition coefficient (Wildman–Crippen LogP) is 7.82. The molecule has 0 bridgehead atoms. The van der Waals surface area contributed by atoms with Crippen LogP contribution in [0.3, 0.4) is 0 Å². The molecule has 0 spiro atoms. The third-order valence-corrected chi connectivity index (χ3v) is 6.90. The van der Waals surface area contributed by atoms with Gasteiger partial charge in [-0.15, -0.1) is 0 Å². The van der Waals surface area contributed by atoms with E-state index in [2.05, 4.69) is 55.5 Å². The number of aryl methyl sites for hydroxylation is 1. The highest BCUT2D eigenvalue weighted by atomic mass is 16.3. The number of hydrogen-bond acceptors (Lipinski definition) is 3. The molecule has 0 saturated heterocycles. The van der Waals surface area contributed by atoms with Crippen molar-refractivity contribution in [1.82, 2.24) is 0 Å². The van der Waals surface area contributed by atoms with E-state index in [-0.39, 0.29) is 29.1 Å². The summed E-state index contributed by atoms with van der Waals surface area (Å²) in [6.45, 7) is 2.18. The maximum Gasteiger partial charge on any atom is 0.119 e. The third kappa shape index (κ3) is 4.92. The molecule has 3 nitrogen and oxygen atoms in total. The van der Waals surface area contributed by atoms with Crippen LogP contribution in [-0.4, -0.2) is 15.3 Å². The van der Waals surface area contributed by atoms with Crippen molar-refractivity contribution in [2.45, 2.75) is 25.7 Å². The first kappa shape index (κ1) is 23.5. The van der Waals surface area contributed by atoms with E-state index >= 15 is 0 Å². The lowest BCUT2D eigenvalue weighted by atomic mass is 9.79. The molecule has 0 heterocycles. The molecule has 5 rings (SSSR count). The molecule has 36 heavy (non-hydrogen) atoms. The zero-order valence-electron chi connectivity index (χ0n) is 20.3. The monoisotopic (exact) mass is 474 g/mol. The van der Waals surface area contributed by atoms with E-state index in [4.69, 9.17) is 0 Å². The Bertz CT molecular complexity index is 1400. The molecule has 3 N–H and O–H groups in total. The molecule has 0 fully saturated rings. The molecule has 0 aromatic heterocycles. The van der Waals surface area contributed by atoms with Crippen LogP contribution in [0.2, 0.25) is 0 Å². The number of phenols is 3. The molecule has 0 radical (unpaired) electrons. The second-order valence-corrected chi connectivity index (χ2v) is 9.40. The second kappa shape index (κ2) is 10.2. The highest BCUT2D eigenvalue weighted by molar-refractivity contribution is 5.78. The molecule has 4 aromatic carbocycles. The second-order valence-electron chi connectivity index (χ2n) is 9.40. The number of benzene rings is 4. The van der Waals surface area contributed by atoms with Crippen molar-refractivity contribution in [3.8, 4) is 28.4 Å². The summed E-state index contributed by atoms with van der Waals surface area (Å²) in [7, 11) is 0. The highest BCUT2D eigenvalue weighted by Crippen LogP contribution is 2.43. The van der Waals surface area contributed by atoms with Gasteiger partial charge in [-0.2, -0.15) is 0 Å². The largest absolute Gasteiger partial charge is 0.508 e. The van der Waals surface area contributed by atoms with Crippen LogP contribution in [0.15, 0.2) is 109 Å². The Morgan fingerprint density at radius 1 is 0.694 bits per heavy atom. The lowest BCUT2D eigenvalue weighted by molar-refractivity contribution is 0.461. The van der Waals surface area contributed by atoms with Crippen molar-refractivity contribution in [2.75, 3.05) is 0 Å². The van der Waals surface area contributed by atoms with Crippen LogP contribution in [0.5, 0.6) is 17.2 Å². The first-order valence-electron chi connectivity index (χ1n) is 12.4. The summed E-state index contributed by atoms with van der Waals surface area (Å²) in [5.74, 6) is 0.708. The van der Waals surface area contributed by atoms with Gasteiger partial charge in [0.15, 0.2) is 0 Å². The van der Waals surface area contributed by atoms with Crippen LogP contribution in [-0.2, 0) is 6.42 Å². The van der Waals surface area contributed by atoms with E-state index in [1.54, 1.807) is 30.3 Å². The Morgan fingerprint density at radius 3 is 1.94 bits per heavy atom. The van der Waals surface area contributed by atoms with E-state index in [0.717, 1.165) is 46.2 Å². The third-order valence-electron chi connectivity index (χ3n) is 6.90. The first-order chi connectivity index (χ1) is 17.5. The van der Waals surface area contributed by atoms with Crippen LogP contribution in [0, 0.1) is 5.92 Å². The standard InChI is InChI=1S/C33H30O3/c1-2-3-22-4-6-25(7-5-22)33(28-9-8-26(20-28)23-10-15-29(34)16-11-23)31-21-27(14-19-32(31)36)24-12-17-30(35)18-13-24/h4-21,28,33-36H,2-3H2,1H3. The fourth-order valence-corrected chi connectivity index (χ4v) is 5.01. The van der Waals surface area contributed by atoms with Gasteiger partial charge in [-0.25, -0.2) is 0 Å². The van der Waals surface area contributed by atoms with Gasteiger partial charge in [0.1, 0.15) is 17.2 Å². The molecule has 0 aliphatic heterocycles. The summed E-state index contributed by atoms with van der Waals surface area (Å²) in [5, 5.41) is 30.5. The minimum atomic E-state index is -0.0800. The number of phenolic OH excluding ortho intramolecular Hbond substituents is 3. The molecule has 2 atom stereocenters. The van der Waals surface area contributed by atoms with E-state index < -0.39 is 0 Å². The predicted molar refractivity (Wildman–Crippen MR) is 146 cm³/mol. The van der Waals surface area contributed by atoms with Crippen LogP contribution >= 0.6 is 0 Å². The SMILES string of the molecule is CCCc1ccc(C(c2cc(-c3ccc(O)cc3)ccc2O)C2C=CC(c3ccc(O)cc3)=C2)cc1. The minimum absolute atomic E-state index is 0.0480. The van der Waals surface area contributed by atoms with Gasteiger partial charge in [0.05, 0.1) is 0 Å². The van der Waals surface area contributed by atoms with Crippen molar-refractivity contribution in [1.29, 1.82) is 0 Å². The number of aromatic hydroxyl groups is 3. The number of rotatable bonds is 7. The zero-order chi connectivity index (χ0) is 25.1. The molecule has 3 heteroatoms. The first-order valence-corrected chi connectivity index (χ1v) is 12.4. The summed E-state index contributed by atoms with van der Waals surface area (Å²) < 4.78 is 0. The smallest absolute Gasteiger partial charge is 0.119 e. The van der Waals surface area contributed by atoms with Gasteiger partial charge in [-0.3, -0.25) is 0 Å². The zero-order valence-corrected chi connectivity index (χ0v) is 20.3. The van der Waals surface area contributed by atoms with Crippen LogP contribution in [0.4, 0.5) is 0 Å². The maximum absolute atomic E-state index is 11.1. The fourth-order valence-electron chi connectivity index (χ4n) is 5.01. The van der Waals surface area contributed by atoms with Gasteiger partial charge in [0, 0.05) is 17.4 Å². The average molecular weight is 475 g/mol. The van der Waals surface area contributed by atoms with Gasteiger partial charge in [-0.1, -0.05) is 86.2 Å². The van der Waals surface area contributed by atoms with Crippen molar-refractivity contribution in [3.05, 3.63) is 131 Å². The summed E-state index contributed by atoms with van der Waals surface area (Å²) >= 11 is 0. The van der Waals surface area contributed by atoms with Crippen molar-refractivity contribution >= 4 is 5.57 Å². The lowest BCUT2D eigenvalue weighted by Crippen LogP contribution is -2.10. The fraction of sp³-hybridized carbons (Fsp3) is 0.152. The molecule has 0 saturated carbocycles. The van der Waals surface area contributed by atoms with E-state index in [0.29, 0.717) is 0 Å². The van der Waals surface area contributed by atoms with Crippen LogP contribution < -0.4 is 0 Å². The summed E-state index contributed by atoms with van der Waals surface area (Å²) in [6.07, 6.45) is 8.70. The van der Waals surface area contributed by atoms with Crippen LogP contribution in [0.1, 0.15) is 41.5 Å². The van der Waals surface area contributed by atoms with Crippen molar-refractivity contribution in [3.63, 3.8) is 0 Å². The molecule has 1 aliphatic carbocycles. The number of hydrogen-bond donors (Lipinski definition) is 3. The van der Waals surface area contributed by atoms with E-state index in [1.807, 2.05) is 30.3 Å². The van der Waals surface area contributed by atoms with Gasteiger partial charge >= 0.3 is 0 Å². The normalized spacial score (nSPS) is 15.6. The maximum atomic E-state index is 11.1. The molecule has 2 unspecified atom stereocenters. The molecule has 180 valence electrons. The van der Waals surface area contributed by atoms with E-state index in [1.165, 1.54) is 5.56 Å². The topological polar surface area (TPSA) is 60.7 Å². The summed E-state index contributed by atoms with van der Waals surface area (Å²) in [5.41, 5.74) is 7.43. The van der Waals surface area contributed by atoms with Crippen molar-refractivity contribution < 1.29 is 15.3 Å². The molecule has 4 aromatic rings. The summed E-state index contributed by atoms with van der Waals surface area (Å²) in [4.78, 5) is 0. The van der Waals surface area contributed by atoms with Gasteiger partial charge < -0.3 is 15.3 Å². The molecule has 0 amide bonds. The molecule has 1 aliphatic rings. The highest BCUT2D eigenvalue weighted by Gasteiger charge is 2.27. The Kier molecular flexibility index (Phi) is 6.64. The van der Waals surface area contributed by atoms with Crippen LogP contribution in [0.25, 0.3) is 16.7 Å². The Hall–Kier alpha value is -4.24. The minimum Gasteiger partial charge on any atom is -0.508 e. The Labute approximate surface area is 212 Å². The van der Waals surface area contributed by atoms with Gasteiger partial charge in [0.2, 0.25) is 0 Å². The van der Waals surface area contributed by atoms with E-state index in [9.17, 15) is 15.3 Å². The Morgan fingerprint density at radius 2 is 1.31 bits per heavy atom. The Balaban J connectivity index is 1.58.